The van der Waals surface area contributed by atoms with Crippen LogP contribution in [0.5, 0.6) is 5.75 Å². The molecule has 0 aliphatic carbocycles. The lowest BCUT2D eigenvalue weighted by atomic mass is 10.3. The number of pyridine rings is 2. The Morgan fingerprint density at radius 3 is 2.53 bits per heavy atom. The summed E-state index contributed by atoms with van der Waals surface area (Å²) in [7, 11) is 0. The fraction of sp³-hybridized carbons (Fsp3) is 0. The second-order valence-electron chi connectivity index (χ2n) is 2.81. The fourth-order valence-corrected chi connectivity index (χ4v) is 1.06. The summed E-state index contributed by atoms with van der Waals surface area (Å²) in [6.45, 7) is 0. The minimum absolute atomic E-state index is 0.412. The molecule has 0 atom stereocenters. The molecule has 4 heteroatoms. The molecule has 2 rings (SSSR count). The van der Waals surface area contributed by atoms with Crippen molar-refractivity contribution in [3.63, 3.8) is 0 Å². The van der Waals surface area contributed by atoms with E-state index in [1.807, 2.05) is 0 Å². The van der Waals surface area contributed by atoms with Crippen LogP contribution in [0.4, 0.5) is 0 Å². The zero-order chi connectivity index (χ0) is 10.5. The van der Waals surface area contributed by atoms with Crippen LogP contribution in [0.3, 0.4) is 0 Å². The molecule has 0 aliphatic rings. The molecule has 0 fully saturated rings. The van der Waals surface area contributed by atoms with Gasteiger partial charge in [-0.3, -0.25) is 9.97 Å². The van der Waals surface area contributed by atoms with Gasteiger partial charge < -0.3 is 4.74 Å². The van der Waals surface area contributed by atoms with E-state index in [-0.39, 0.29) is 0 Å². The molecule has 0 radical (unpaired) electrons. The van der Waals surface area contributed by atoms with Crippen molar-refractivity contribution in [1.82, 2.24) is 9.97 Å². The average molecular weight is 200 g/mol. The summed E-state index contributed by atoms with van der Waals surface area (Å²) in [6.07, 6.45) is 6.18. The Hall–Kier alpha value is -2.23. The summed E-state index contributed by atoms with van der Waals surface area (Å²) in [6, 6.07) is 6.57. The van der Waals surface area contributed by atoms with E-state index < -0.39 is 5.97 Å². The number of esters is 1. The lowest BCUT2D eigenvalue weighted by Gasteiger charge is -2.02. The third-order valence-electron chi connectivity index (χ3n) is 1.76. The molecule has 0 bridgehead atoms. The first-order valence-electron chi connectivity index (χ1n) is 4.38. The van der Waals surface area contributed by atoms with Crippen LogP contribution in [0.15, 0.2) is 49.1 Å². The van der Waals surface area contributed by atoms with Crippen molar-refractivity contribution < 1.29 is 9.53 Å². The van der Waals surface area contributed by atoms with Crippen LogP contribution in [0.1, 0.15) is 10.4 Å². The van der Waals surface area contributed by atoms with Crippen molar-refractivity contribution in [2.24, 2.45) is 0 Å². The van der Waals surface area contributed by atoms with Crippen LogP contribution in [0.25, 0.3) is 0 Å². The summed E-state index contributed by atoms with van der Waals surface area (Å²) in [5.41, 5.74) is 0.467. The van der Waals surface area contributed by atoms with E-state index in [9.17, 15) is 4.79 Å². The van der Waals surface area contributed by atoms with E-state index in [0.29, 0.717) is 11.3 Å². The molecular weight excluding hydrogens is 192 g/mol. The molecule has 0 unspecified atom stereocenters. The third kappa shape index (κ3) is 2.37. The predicted octanol–water partition coefficient (Wildman–Crippen LogP) is 1.70. The quantitative estimate of drug-likeness (QED) is 0.692. The maximum atomic E-state index is 11.5. The van der Waals surface area contributed by atoms with Crippen LogP contribution in [-0.2, 0) is 0 Å². The Morgan fingerprint density at radius 2 is 1.87 bits per heavy atom. The van der Waals surface area contributed by atoms with Crippen molar-refractivity contribution in [3.8, 4) is 5.75 Å². The van der Waals surface area contributed by atoms with Gasteiger partial charge in [-0.25, -0.2) is 4.79 Å². The fourth-order valence-electron chi connectivity index (χ4n) is 1.06. The van der Waals surface area contributed by atoms with Crippen molar-refractivity contribution in [3.05, 3.63) is 54.6 Å². The Balaban J connectivity index is 2.12. The summed E-state index contributed by atoms with van der Waals surface area (Å²) in [5, 5.41) is 0. The molecule has 2 aromatic heterocycles. The zero-order valence-corrected chi connectivity index (χ0v) is 7.83. The molecule has 0 amide bonds. The first-order chi connectivity index (χ1) is 7.36. The van der Waals surface area contributed by atoms with Crippen LogP contribution in [0.2, 0.25) is 0 Å². The van der Waals surface area contributed by atoms with E-state index >= 15 is 0 Å². The van der Waals surface area contributed by atoms with Gasteiger partial charge >= 0.3 is 5.97 Å². The summed E-state index contributed by atoms with van der Waals surface area (Å²) in [4.78, 5) is 19.2. The Morgan fingerprint density at radius 1 is 1.07 bits per heavy atom. The largest absolute Gasteiger partial charge is 0.421 e. The summed E-state index contributed by atoms with van der Waals surface area (Å²) in [5.74, 6) is 0.0183. The van der Waals surface area contributed by atoms with E-state index in [0.717, 1.165) is 0 Å². The number of rotatable bonds is 2. The number of carbonyl (C=O) groups is 1. The standard InChI is InChI=1S/C11H8N2O2/c14-11(9-3-6-12-7-4-9)15-10-2-1-5-13-8-10/h1-8H. The zero-order valence-electron chi connectivity index (χ0n) is 7.83. The normalized spacial score (nSPS) is 9.60. The number of carbonyl (C=O) groups excluding carboxylic acids is 1. The van der Waals surface area contributed by atoms with E-state index in [4.69, 9.17) is 4.74 Å². The second kappa shape index (κ2) is 4.32. The van der Waals surface area contributed by atoms with Gasteiger partial charge in [-0.2, -0.15) is 0 Å². The molecule has 4 nitrogen and oxygen atoms in total. The molecule has 0 aromatic carbocycles. The highest BCUT2D eigenvalue weighted by Gasteiger charge is 2.06. The van der Waals surface area contributed by atoms with Gasteiger partial charge in [0.15, 0.2) is 0 Å². The minimum atomic E-state index is -0.412. The Bertz CT molecular complexity index is 443. The van der Waals surface area contributed by atoms with Gasteiger partial charge in [-0.1, -0.05) is 0 Å². The van der Waals surface area contributed by atoms with Crippen LogP contribution in [0, 0.1) is 0 Å². The van der Waals surface area contributed by atoms with Crippen molar-refractivity contribution >= 4 is 5.97 Å². The molecule has 0 N–H and O–H groups in total. The van der Waals surface area contributed by atoms with Crippen molar-refractivity contribution in [1.29, 1.82) is 0 Å². The van der Waals surface area contributed by atoms with Gasteiger partial charge in [-0.15, -0.1) is 0 Å². The Labute approximate surface area is 86.6 Å². The number of ether oxygens (including phenoxy) is 1. The van der Waals surface area contributed by atoms with Gasteiger partial charge in [0.05, 0.1) is 11.8 Å². The third-order valence-corrected chi connectivity index (χ3v) is 1.76. The smallest absolute Gasteiger partial charge is 0.343 e. The second-order valence-corrected chi connectivity index (χ2v) is 2.81. The first-order valence-corrected chi connectivity index (χ1v) is 4.38. The van der Waals surface area contributed by atoms with E-state index in [1.165, 1.54) is 6.20 Å². The monoisotopic (exact) mass is 200 g/mol. The molecule has 2 heterocycles. The topological polar surface area (TPSA) is 52.1 Å². The van der Waals surface area contributed by atoms with Gasteiger partial charge in [0.1, 0.15) is 5.75 Å². The van der Waals surface area contributed by atoms with E-state index in [1.54, 1.807) is 42.9 Å². The minimum Gasteiger partial charge on any atom is -0.421 e. The van der Waals surface area contributed by atoms with E-state index in [2.05, 4.69) is 9.97 Å². The molecule has 0 spiro atoms. The lowest BCUT2D eigenvalue weighted by molar-refractivity contribution is 0.0734. The molecule has 2 aromatic rings. The lowest BCUT2D eigenvalue weighted by Crippen LogP contribution is -2.08. The molecule has 0 saturated heterocycles. The van der Waals surface area contributed by atoms with Gasteiger partial charge in [-0.05, 0) is 24.3 Å². The maximum Gasteiger partial charge on any atom is 0.343 e. The Kier molecular flexibility index (Phi) is 2.69. The number of hydrogen-bond acceptors (Lipinski definition) is 4. The van der Waals surface area contributed by atoms with Gasteiger partial charge in [0.2, 0.25) is 0 Å². The number of hydrogen-bond donors (Lipinski definition) is 0. The maximum absolute atomic E-state index is 11.5. The molecular formula is C11H8N2O2. The summed E-state index contributed by atoms with van der Waals surface area (Å²) < 4.78 is 5.07. The van der Waals surface area contributed by atoms with Gasteiger partial charge in [0, 0.05) is 18.6 Å². The first kappa shape index (κ1) is 9.33. The number of aromatic nitrogens is 2. The summed E-state index contributed by atoms with van der Waals surface area (Å²) >= 11 is 0. The van der Waals surface area contributed by atoms with Crippen molar-refractivity contribution in [2.75, 3.05) is 0 Å². The molecule has 74 valence electrons. The molecule has 0 aliphatic heterocycles. The van der Waals surface area contributed by atoms with Crippen molar-refractivity contribution in [2.45, 2.75) is 0 Å². The molecule has 0 saturated carbocycles. The highest BCUT2D eigenvalue weighted by atomic mass is 16.5. The van der Waals surface area contributed by atoms with Crippen LogP contribution in [-0.4, -0.2) is 15.9 Å². The highest BCUT2D eigenvalue weighted by Crippen LogP contribution is 2.09. The molecule has 15 heavy (non-hydrogen) atoms. The highest BCUT2D eigenvalue weighted by molar-refractivity contribution is 5.90. The van der Waals surface area contributed by atoms with Crippen LogP contribution < -0.4 is 4.74 Å². The van der Waals surface area contributed by atoms with Gasteiger partial charge in [0.25, 0.3) is 0 Å². The number of nitrogens with zero attached hydrogens (tertiary/aromatic N) is 2. The SMILES string of the molecule is O=C(Oc1cccnc1)c1ccncc1. The van der Waals surface area contributed by atoms with Crippen LogP contribution >= 0.6 is 0 Å². The predicted molar refractivity (Wildman–Crippen MR) is 53.4 cm³/mol. The average Bonchev–Trinajstić information content (AvgIpc) is 2.31.